The Morgan fingerprint density at radius 1 is 0.352 bits per heavy atom. The highest BCUT2D eigenvalue weighted by Crippen LogP contribution is 2.33. The molecule has 17 atom stereocenters. The van der Waals surface area contributed by atoms with Crippen LogP contribution in [0.4, 0.5) is 0 Å². The van der Waals surface area contributed by atoms with Gasteiger partial charge in [0.15, 0.2) is 18.9 Å². The fraction of sp³-hybridized carbons (Fsp3) is 0.756. The van der Waals surface area contributed by atoms with Crippen LogP contribution in [-0.4, -0.2) is 193 Å². The maximum Gasteiger partial charge on any atom is 0.220 e. The molecule has 3 heterocycles. The molecular weight excluding hydrogens is 1330 g/mol. The van der Waals surface area contributed by atoms with Gasteiger partial charge in [0.2, 0.25) is 5.91 Å². The van der Waals surface area contributed by atoms with E-state index in [0.29, 0.717) is 12.8 Å². The molecule has 12 N–H and O–H groups in total. The van der Waals surface area contributed by atoms with E-state index in [1.807, 2.05) is 6.08 Å². The minimum Gasteiger partial charge on any atom is -0.394 e. The molecule has 105 heavy (non-hydrogen) atoms. The first-order valence-electron chi connectivity index (χ1n) is 41.3. The van der Waals surface area contributed by atoms with Gasteiger partial charge in [-0.1, -0.05) is 302 Å². The number of carbonyl (C=O) groups excluding carboxylic acids is 1. The van der Waals surface area contributed by atoms with Crippen molar-refractivity contribution in [2.45, 2.75) is 388 Å². The standard InChI is InChI=1S/C86H147NO18/c1-3-5-7-9-11-13-15-17-19-21-23-25-27-29-31-32-33-34-35-36-38-40-42-44-46-48-50-52-54-56-58-60-62-64-74(92)87-69(70(91)63-61-59-57-55-53-51-49-47-45-43-41-39-37-30-28-26-24-22-20-18-16-14-12-10-8-6-4-2)68-100-84-80(98)77(95)82(72(66-89)102-84)105-86-81(99)78(96)83(73(67-90)103-86)104-85-79(97)76(94)75(93)71(65-88)101-85/h5,7,11,13,17,19,23,25,29,31,33-34,36,38,42,44,53,55,61,63,69-73,75-86,88-91,93-99H,3-4,6,8-10,12,14-16,18,20-22,24,26-28,30,32,35,37,39-41,43,45-52,54,56-60,62,64-68H2,1-2H3,(H,87,92)/b7-5-,13-11-,19-17-,25-23-,31-29-,34-33-,38-36-,44-42-,55-53+,63-61+. The number of allylic oxidation sites excluding steroid dienone is 19. The second-order valence-electron chi connectivity index (χ2n) is 28.8. The molecule has 3 fully saturated rings. The fourth-order valence-electron chi connectivity index (χ4n) is 13.2. The van der Waals surface area contributed by atoms with Crippen LogP contribution in [-0.2, 0) is 33.2 Å². The predicted molar refractivity (Wildman–Crippen MR) is 420 cm³/mol. The second-order valence-corrected chi connectivity index (χ2v) is 28.8. The van der Waals surface area contributed by atoms with E-state index in [9.17, 15) is 61.0 Å². The van der Waals surface area contributed by atoms with E-state index in [-0.39, 0.29) is 18.9 Å². The lowest BCUT2D eigenvalue weighted by molar-refractivity contribution is -0.379. The summed E-state index contributed by atoms with van der Waals surface area (Å²) in [5.41, 5.74) is 0. The van der Waals surface area contributed by atoms with Crippen LogP contribution < -0.4 is 5.32 Å². The lowest BCUT2D eigenvalue weighted by Gasteiger charge is -2.48. The molecule has 0 aliphatic carbocycles. The van der Waals surface area contributed by atoms with Crippen LogP contribution in [0, 0.1) is 0 Å². The third-order valence-electron chi connectivity index (χ3n) is 19.7. The molecule has 19 nitrogen and oxygen atoms in total. The molecule has 17 unspecified atom stereocenters. The normalized spacial score (nSPS) is 26.4. The van der Waals surface area contributed by atoms with Crippen molar-refractivity contribution in [3.05, 3.63) is 122 Å². The monoisotopic (exact) mass is 1480 g/mol. The highest BCUT2D eigenvalue weighted by molar-refractivity contribution is 5.76. The summed E-state index contributed by atoms with van der Waals surface area (Å²) in [6, 6.07) is -1.01. The van der Waals surface area contributed by atoms with Crippen LogP contribution in [0.15, 0.2) is 122 Å². The Morgan fingerprint density at radius 2 is 0.667 bits per heavy atom. The Labute approximate surface area is 633 Å². The topological polar surface area (TPSA) is 307 Å². The van der Waals surface area contributed by atoms with Crippen molar-refractivity contribution < 1.29 is 89.4 Å². The summed E-state index contributed by atoms with van der Waals surface area (Å²) in [4.78, 5) is 13.5. The molecule has 1 amide bonds. The van der Waals surface area contributed by atoms with Crippen LogP contribution in [0.25, 0.3) is 0 Å². The molecule has 3 aliphatic rings. The van der Waals surface area contributed by atoms with Gasteiger partial charge in [-0.2, -0.15) is 0 Å². The molecule has 0 radical (unpaired) electrons. The molecule has 0 aromatic rings. The van der Waals surface area contributed by atoms with E-state index in [4.69, 9.17) is 28.4 Å². The van der Waals surface area contributed by atoms with Crippen molar-refractivity contribution in [3.8, 4) is 0 Å². The SMILES string of the molecule is CC/C=C\C/C=C\C/C=C\C/C=C\C/C=C\C/C=C\C/C=C\C/C=C\CCCCCCCCCCC(=O)NC(COC1OC(CO)C(OC2OC(CO)C(OC3OC(CO)C(O)C(O)C3O)C(O)C2O)C(O)C1O)C(O)/C=C/CC/C=C/CCCCCCCCCCCCCCCCCCCCCCC. The molecule has 3 aliphatic heterocycles. The number of carbonyl (C=O) groups is 1. The first kappa shape index (κ1) is 95.4. The van der Waals surface area contributed by atoms with E-state index in [1.54, 1.807) is 6.08 Å². The van der Waals surface area contributed by atoms with E-state index in [1.165, 1.54) is 135 Å². The Balaban J connectivity index is 1.39. The van der Waals surface area contributed by atoms with Gasteiger partial charge in [-0.3, -0.25) is 4.79 Å². The molecule has 604 valence electrons. The zero-order valence-electron chi connectivity index (χ0n) is 64.7. The van der Waals surface area contributed by atoms with Gasteiger partial charge in [0, 0.05) is 6.42 Å². The highest BCUT2D eigenvalue weighted by atomic mass is 16.8. The van der Waals surface area contributed by atoms with E-state index in [0.717, 1.165) is 116 Å². The van der Waals surface area contributed by atoms with Crippen molar-refractivity contribution in [1.82, 2.24) is 5.32 Å². The zero-order valence-corrected chi connectivity index (χ0v) is 64.7. The lowest BCUT2D eigenvalue weighted by atomic mass is 9.96. The van der Waals surface area contributed by atoms with Crippen LogP contribution in [0.2, 0.25) is 0 Å². The summed E-state index contributed by atoms with van der Waals surface area (Å²) < 4.78 is 34.4. The highest BCUT2D eigenvalue weighted by Gasteiger charge is 2.54. The first-order chi connectivity index (χ1) is 51.3. The van der Waals surface area contributed by atoms with E-state index in [2.05, 4.69) is 129 Å². The van der Waals surface area contributed by atoms with Crippen molar-refractivity contribution in [1.29, 1.82) is 0 Å². The van der Waals surface area contributed by atoms with Crippen LogP contribution >= 0.6 is 0 Å². The number of aliphatic hydroxyl groups is 11. The zero-order chi connectivity index (χ0) is 76.0. The van der Waals surface area contributed by atoms with Crippen molar-refractivity contribution >= 4 is 5.91 Å². The van der Waals surface area contributed by atoms with Gasteiger partial charge in [0.05, 0.1) is 38.6 Å². The van der Waals surface area contributed by atoms with Crippen molar-refractivity contribution in [2.75, 3.05) is 26.4 Å². The quantitative estimate of drug-likeness (QED) is 0.0199. The minimum absolute atomic E-state index is 0.218. The maximum atomic E-state index is 13.5. The predicted octanol–water partition coefficient (Wildman–Crippen LogP) is 14.3. The Hall–Kier alpha value is -3.81. The third-order valence-corrected chi connectivity index (χ3v) is 19.7. The fourth-order valence-corrected chi connectivity index (χ4v) is 13.2. The molecule has 19 heteroatoms. The first-order valence-corrected chi connectivity index (χ1v) is 41.3. The molecule has 0 aromatic heterocycles. The molecule has 0 spiro atoms. The molecule has 3 saturated heterocycles. The average molecular weight is 1480 g/mol. The average Bonchev–Trinajstić information content (AvgIpc) is 0.780. The summed E-state index contributed by atoms with van der Waals surface area (Å²) in [6.45, 7) is 1.61. The largest absolute Gasteiger partial charge is 0.394 e. The van der Waals surface area contributed by atoms with Gasteiger partial charge in [0.1, 0.15) is 73.2 Å². The third kappa shape index (κ3) is 44.6. The lowest BCUT2D eigenvalue weighted by Crippen LogP contribution is -2.66. The number of hydrogen-bond donors (Lipinski definition) is 12. The Kier molecular flexibility index (Phi) is 59.0. The summed E-state index contributed by atoms with van der Waals surface area (Å²) in [5.74, 6) is -0.297. The van der Waals surface area contributed by atoms with Crippen LogP contribution in [0.1, 0.15) is 284 Å². The number of aliphatic hydroxyl groups excluding tert-OH is 11. The molecule has 0 saturated carbocycles. The number of nitrogens with one attached hydrogen (secondary N) is 1. The Morgan fingerprint density at radius 3 is 1.07 bits per heavy atom. The smallest absolute Gasteiger partial charge is 0.220 e. The summed E-state index contributed by atoms with van der Waals surface area (Å²) in [7, 11) is 0. The second kappa shape index (κ2) is 65.0. The summed E-state index contributed by atoms with van der Waals surface area (Å²) >= 11 is 0. The maximum absolute atomic E-state index is 13.5. The number of hydrogen-bond acceptors (Lipinski definition) is 18. The van der Waals surface area contributed by atoms with E-state index < -0.39 is 124 Å². The van der Waals surface area contributed by atoms with E-state index >= 15 is 0 Å². The minimum atomic E-state index is -1.99. The van der Waals surface area contributed by atoms with Gasteiger partial charge in [-0.25, -0.2) is 0 Å². The van der Waals surface area contributed by atoms with Crippen molar-refractivity contribution in [3.63, 3.8) is 0 Å². The summed E-state index contributed by atoms with van der Waals surface area (Å²) in [6.07, 6.45) is 64.6. The van der Waals surface area contributed by atoms with Crippen LogP contribution in [0.5, 0.6) is 0 Å². The summed E-state index contributed by atoms with van der Waals surface area (Å²) in [5, 5.41) is 121. The van der Waals surface area contributed by atoms with Crippen LogP contribution in [0.3, 0.4) is 0 Å². The number of unbranched alkanes of at least 4 members (excludes halogenated alkanes) is 30. The molecule has 0 bridgehead atoms. The van der Waals surface area contributed by atoms with Crippen molar-refractivity contribution in [2.24, 2.45) is 0 Å². The number of rotatable bonds is 64. The van der Waals surface area contributed by atoms with Gasteiger partial charge >= 0.3 is 0 Å². The molecule has 3 rings (SSSR count). The van der Waals surface area contributed by atoms with Gasteiger partial charge < -0.3 is 89.9 Å². The molecular formula is C86H147NO18. The number of ether oxygens (including phenoxy) is 6. The van der Waals surface area contributed by atoms with Gasteiger partial charge in [0.25, 0.3) is 0 Å². The Bertz CT molecular complexity index is 2370. The molecule has 0 aromatic carbocycles. The van der Waals surface area contributed by atoms with Gasteiger partial charge in [-0.15, -0.1) is 0 Å². The number of amides is 1. The van der Waals surface area contributed by atoms with Gasteiger partial charge in [-0.05, 0) is 96.3 Å².